The predicted octanol–water partition coefficient (Wildman–Crippen LogP) is 3.78. The molecule has 1 saturated heterocycles. The quantitative estimate of drug-likeness (QED) is 0.862. The molecule has 0 saturated carbocycles. The highest BCUT2D eigenvalue weighted by molar-refractivity contribution is 5.93. The summed E-state index contributed by atoms with van der Waals surface area (Å²) in [5.41, 5.74) is 3.91. The number of benzene rings is 1. The van der Waals surface area contributed by atoms with E-state index >= 15 is 0 Å². The van der Waals surface area contributed by atoms with Gasteiger partial charge in [-0.1, -0.05) is 12.1 Å². The monoisotopic (exact) mass is 309 g/mol. The fourth-order valence-electron chi connectivity index (χ4n) is 3.10. The fraction of sp³-hybridized carbons (Fsp3) is 0.368. The van der Waals surface area contributed by atoms with Gasteiger partial charge in [-0.2, -0.15) is 0 Å². The van der Waals surface area contributed by atoms with Gasteiger partial charge in [0.15, 0.2) is 0 Å². The van der Waals surface area contributed by atoms with Crippen LogP contribution in [0.2, 0.25) is 0 Å². The molecular weight excluding hydrogens is 286 g/mol. The summed E-state index contributed by atoms with van der Waals surface area (Å²) in [4.78, 5) is 20.9. The number of likely N-dealkylation sites (tertiary alicyclic amines) is 1. The van der Waals surface area contributed by atoms with Crippen LogP contribution in [0.15, 0.2) is 42.6 Å². The summed E-state index contributed by atoms with van der Waals surface area (Å²) in [7, 11) is 0. The molecule has 0 radical (unpaired) electrons. The maximum atomic E-state index is 12.5. The zero-order valence-electron chi connectivity index (χ0n) is 13.8. The highest BCUT2D eigenvalue weighted by Crippen LogP contribution is 2.26. The van der Waals surface area contributed by atoms with Crippen molar-refractivity contribution in [2.24, 2.45) is 0 Å². The van der Waals surface area contributed by atoms with E-state index in [-0.39, 0.29) is 5.91 Å². The lowest BCUT2D eigenvalue weighted by Gasteiger charge is -2.24. The molecule has 0 atom stereocenters. The normalized spacial score (nSPS) is 14.1. The van der Waals surface area contributed by atoms with Crippen LogP contribution in [0.25, 0.3) is 0 Å². The van der Waals surface area contributed by atoms with Crippen LogP contribution in [0.1, 0.15) is 35.8 Å². The van der Waals surface area contributed by atoms with Gasteiger partial charge in [0.05, 0.1) is 0 Å². The van der Waals surface area contributed by atoms with Crippen molar-refractivity contribution in [1.82, 2.24) is 9.88 Å². The summed E-state index contributed by atoms with van der Waals surface area (Å²) in [5.74, 6) is 0.0460. The van der Waals surface area contributed by atoms with E-state index in [0.29, 0.717) is 5.69 Å². The Morgan fingerprint density at radius 2 is 1.91 bits per heavy atom. The largest absolute Gasteiger partial charge is 0.342 e. The highest BCUT2D eigenvalue weighted by Gasteiger charge is 2.21. The minimum Gasteiger partial charge on any atom is -0.342 e. The van der Waals surface area contributed by atoms with Crippen molar-refractivity contribution >= 4 is 17.3 Å². The molecule has 0 spiro atoms. The minimum absolute atomic E-state index is 0.0460. The zero-order chi connectivity index (χ0) is 16.2. The van der Waals surface area contributed by atoms with Crippen LogP contribution in [0.3, 0.4) is 0 Å². The number of carbonyl (C=O) groups is 1. The first-order valence-corrected chi connectivity index (χ1v) is 8.28. The Bertz CT molecular complexity index is 693. The molecule has 4 nitrogen and oxygen atoms in total. The number of aryl methyl sites for hydroxylation is 1. The summed E-state index contributed by atoms with van der Waals surface area (Å²) < 4.78 is 0. The van der Waals surface area contributed by atoms with Crippen molar-refractivity contribution in [2.75, 3.05) is 24.5 Å². The number of hydrogen-bond donors (Lipinski definition) is 0. The van der Waals surface area contributed by atoms with Gasteiger partial charge in [-0.15, -0.1) is 0 Å². The molecule has 0 unspecified atom stereocenters. The lowest BCUT2D eigenvalue weighted by molar-refractivity contribution is 0.0787. The zero-order valence-corrected chi connectivity index (χ0v) is 13.8. The molecule has 23 heavy (non-hydrogen) atoms. The summed E-state index contributed by atoms with van der Waals surface area (Å²) in [6, 6.07) is 12.3. The van der Waals surface area contributed by atoms with Gasteiger partial charge in [-0.25, -0.2) is 0 Å². The Hall–Kier alpha value is -2.36. The van der Waals surface area contributed by atoms with Crippen molar-refractivity contribution in [3.63, 3.8) is 0 Å². The van der Waals surface area contributed by atoms with Crippen molar-refractivity contribution < 1.29 is 4.79 Å². The number of hydrogen-bond acceptors (Lipinski definition) is 3. The fourth-order valence-corrected chi connectivity index (χ4v) is 3.10. The van der Waals surface area contributed by atoms with Crippen molar-refractivity contribution in [2.45, 2.75) is 26.7 Å². The SMILES string of the molecule is CCN(c1cccc(C)c1)c1ccnc(C(=O)N2CCCC2)c1. The van der Waals surface area contributed by atoms with E-state index in [2.05, 4.69) is 48.0 Å². The highest BCUT2D eigenvalue weighted by atomic mass is 16.2. The van der Waals surface area contributed by atoms with Gasteiger partial charge in [0, 0.05) is 37.2 Å². The van der Waals surface area contributed by atoms with Crippen LogP contribution in [0.5, 0.6) is 0 Å². The number of amides is 1. The first-order chi connectivity index (χ1) is 11.2. The van der Waals surface area contributed by atoms with E-state index in [0.717, 1.165) is 43.9 Å². The predicted molar refractivity (Wildman–Crippen MR) is 93.2 cm³/mol. The molecule has 0 aliphatic carbocycles. The van der Waals surface area contributed by atoms with Crippen LogP contribution in [-0.4, -0.2) is 35.4 Å². The molecule has 1 aliphatic rings. The van der Waals surface area contributed by atoms with Crippen molar-refractivity contribution in [3.8, 4) is 0 Å². The van der Waals surface area contributed by atoms with Crippen LogP contribution >= 0.6 is 0 Å². The lowest BCUT2D eigenvalue weighted by atomic mass is 10.2. The Balaban J connectivity index is 1.89. The van der Waals surface area contributed by atoms with Gasteiger partial charge in [0.25, 0.3) is 5.91 Å². The van der Waals surface area contributed by atoms with Gasteiger partial charge in [0.1, 0.15) is 5.69 Å². The summed E-state index contributed by atoms with van der Waals surface area (Å²) in [6.45, 7) is 6.74. The molecule has 1 aromatic heterocycles. The molecule has 2 heterocycles. The number of carbonyl (C=O) groups excluding carboxylic acids is 1. The van der Waals surface area contributed by atoms with E-state index in [9.17, 15) is 4.79 Å². The van der Waals surface area contributed by atoms with Crippen molar-refractivity contribution in [3.05, 3.63) is 53.9 Å². The second kappa shape index (κ2) is 6.82. The van der Waals surface area contributed by atoms with E-state index in [4.69, 9.17) is 0 Å². The molecule has 120 valence electrons. The second-order valence-electron chi connectivity index (χ2n) is 5.98. The second-order valence-corrected chi connectivity index (χ2v) is 5.98. The van der Waals surface area contributed by atoms with Gasteiger partial charge < -0.3 is 9.80 Å². The summed E-state index contributed by atoms with van der Waals surface area (Å²) in [5, 5.41) is 0. The topological polar surface area (TPSA) is 36.4 Å². The maximum absolute atomic E-state index is 12.5. The van der Waals surface area contributed by atoms with E-state index in [1.807, 2.05) is 17.0 Å². The average molecular weight is 309 g/mol. The van der Waals surface area contributed by atoms with Gasteiger partial charge in [0.2, 0.25) is 0 Å². The molecule has 2 aromatic rings. The third-order valence-corrected chi connectivity index (χ3v) is 4.30. The molecule has 4 heteroatoms. The van der Waals surface area contributed by atoms with E-state index < -0.39 is 0 Å². The first kappa shape index (κ1) is 15.5. The summed E-state index contributed by atoms with van der Waals surface area (Å²) >= 11 is 0. The number of pyridine rings is 1. The number of anilines is 2. The molecule has 1 aromatic carbocycles. The van der Waals surface area contributed by atoms with Crippen LogP contribution < -0.4 is 4.90 Å². The van der Waals surface area contributed by atoms with Crippen LogP contribution in [0.4, 0.5) is 11.4 Å². The first-order valence-electron chi connectivity index (χ1n) is 8.28. The summed E-state index contributed by atoms with van der Waals surface area (Å²) in [6.07, 6.45) is 3.92. The van der Waals surface area contributed by atoms with Gasteiger partial charge >= 0.3 is 0 Å². The number of rotatable bonds is 4. The molecular formula is C19H23N3O. The lowest BCUT2D eigenvalue weighted by Crippen LogP contribution is -2.28. The van der Waals surface area contributed by atoms with Gasteiger partial charge in [-0.05, 0) is 56.5 Å². The smallest absolute Gasteiger partial charge is 0.272 e. The molecule has 1 fully saturated rings. The van der Waals surface area contributed by atoms with Crippen molar-refractivity contribution in [1.29, 1.82) is 0 Å². The van der Waals surface area contributed by atoms with Gasteiger partial charge in [-0.3, -0.25) is 9.78 Å². The Morgan fingerprint density at radius 1 is 1.17 bits per heavy atom. The Morgan fingerprint density at radius 3 is 2.61 bits per heavy atom. The third-order valence-electron chi connectivity index (χ3n) is 4.30. The molecule has 0 bridgehead atoms. The van der Waals surface area contributed by atoms with Crippen LogP contribution in [-0.2, 0) is 0 Å². The average Bonchev–Trinajstić information content (AvgIpc) is 3.10. The molecule has 1 amide bonds. The molecule has 1 aliphatic heterocycles. The maximum Gasteiger partial charge on any atom is 0.272 e. The third kappa shape index (κ3) is 3.36. The number of nitrogens with zero attached hydrogens (tertiary/aromatic N) is 3. The standard InChI is InChI=1S/C19H23N3O/c1-3-22(16-8-6-7-15(2)13-16)17-9-10-20-18(14-17)19(23)21-11-4-5-12-21/h6-10,13-14H,3-5,11-12H2,1-2H3. The van der Waals surface area contributed by atoms with Crippen LogP contribution in [0, 0.1) is 6.92 Å². The molecule has 0 N–H and O–H groups in total. The Labute approximate surface area is 137 Å². The Kier molecular flexibility index (Phi) is 4.60. The number of aromatic nitrogens is 1. The van der Waals surface area contributed by atoms with E-state index in [1.165, 1.54) is 5.56 Å². The minimum atomic E-state index is 0.0460. The van der Waals surface area contributed by atoms with E-state index in [1.54, 1.807) is 6.20 Å². The molecule has 3 rings (SSSR count).